The van der Waals surface area contributed by atoms with Gasteiger partial charge in [0.15, 0.2) is 0 Å². The molecule has 2 rings (SSSR count). The minimum absolute atomic E-state index is 0.479. The molecule has 0 aliphatic rings. The quantitative estimate of drug-likeness (QED) is 0.504. The summed E-state index contributed by atoms with van der Waals surface area (Å²) in [4.78, 5) is 0. The standard InChI is InChI=1S/C18H20Br2/c19-13-11-17(12-14-20)18(15-7-3-1-4-8-15)16-9-5-2-6-10-16/h1-10,17-18H,11-14H2. The van der Waals surface area contributed by atoms with Crippen molar-refractivity contribution in [3.05, 3.63) is 71.8 Å². The molecule has 0 saturated heterocycles. The van der Waals surface area contributed by atoms with Gasteiger partial charge in [-0.3, -0.25) is 0 Å². The van der Waals surface area contributed by atoms with Gasteiger partial charge in [-0.2, -0.15) is 0 Å². The first kappa shape index (κ1) is 15.8. The van der Waals surface area contributed by atoms with E-state index in [4.69, 9.17) is 0 Å². The Hall–Kier alpha value is -0.600. The molecule has 0 saturated carbocycles. The largest absolute Gasteiger partial charge is 0.0928 e. The van der Waals surface area contributed by atoms with Gasteiger partial charge in [0, 0.05) is 16.6 Å². The molecule has 2 heteroatoms. The molecule has 2 aromatic carbocycles. The fourth-order valence-electron chi connectivity index (χ4n) is 2.82. The maximum Gasteiger partial charge on any atom is 0.0118 e. The smallest absolute Gasteiger partial charge is 0.0118 e. The van der Waals surface area contributed by atoms with E-state index in [0.29, 0.717) is 11.8 Å². The second-order valence-electron chi connectivity index (χ2n) is 5.01. The van der Waals surface area contributed by atoms with E-state index >= 15 is 0 Å². The second-order valence-corrected chi connectivity index (χ2v) is 6.60. The van der Waals surface area contributed by atoms with Gasteiger partial charge < -0.3 is 0 Å². The fraction of sp³-hybridized carbons (Fsp3) is 0.333. The zero-order valence-electron chi connectivity index (χ0n) is 11.5. The van der Waals surface area contributed by atoms with Crippen LogP contribution in [0.15, 0.2) is 60.7 Å². The lowest BCUT2D eigenvalue weighted by atomic mass is 9.78. The van der Waals surface area contributed by atoms with Crippen LogP contribution in [0.1, 0.15) is 29.9 Å². The zero-order chi connectivity index (χ0) is 14.2. The Labute approximate surface area is 138 Å². The predicted octanol–water partition coefficient (Wildman–Crippen LogP) is 6.00. The van der Waals surface area contributed by atoms with Crippen LogP contribution in [0.4, 0.5) is 0 Å². The average molecular weight is 396 g/mol. The molecule has 0 aromatic heterocycles. The van der Waals surface area contributed by atoms with Crippen molar-refractivity contribution in [1.29, 1.82) is 0 Å². The van der Waals surface area contributed by atoms with Crippen molar-refractivity contribution in [1.82, 2.24) is 0 Å². The van der Waals surface area contributed by atoms with Crippen LogP contribution in [-0.4, -0.2) is 10.7 Å². The predicted molar refractivity (Wildman–Crippen MR) is 95.0 cm³/mol. The van der Waals surface area contributed by atoms with Crippen LogP contribution >= 0.6 is 31.9 Å². The van der Waals surface area contributed by atoms with Gasteiger partial charge in [-0.25, -0.2) is 0 Å². The van der Waals surface area contributed by atoms with E-state index in [9.17, 15) is 0 Å². The maximum absolute atomic E-state index is 3.62. The van der Waals surface area contributed by atoms with Crippen LogP contribution in [-0.2, 0) is 0 Å². The molecule has 2 aromatic rings. The Balaban J connectivity index is 2.38. The molecule has 20 heavy (non-hydrogen) atoms. The maximum atomic E-state index is 3.62. The number of rotatable bonds is 7. The highest BCUT2D eigenvalue weighted by atomic mass is 79.9. The highest BCUT2D eigenvalue weighted by molar-refractivity contribution is 9.09. The molecule has 0 radical (unpaired) electrons. The molecule has 0 N–H and O–H groups in total. The van der Waals surface area contributed by atoms with Crippen LogP contribution in [0.25, 0.3) is 0 Å². The Morgan fingerprint density at radius 1 is 0.650 bits per heavy atom. The highest BCUT2D eigenvalue weighted by Crippen LogP contribution is 2.36. The molecular formula is C18H20Br2. The summed E-state index contributed by atoms with van der Waals surface area (Å²) >= 11 is 7.24. The molecule has 0 spiro atoms. The van der Waals surface area contributed by atoms with E-state index in [-0.39, 0.29) is 0 Å². The van der Waals surface area contributed by atoms with E-state index < -0.39 is 0 Å². The summed E-state index contributed by atoms with van der Waals surface area (Å²) in [5.74, 6) is 1.13. The van der Waals surface area contributed by atoms with Crippen molar-refractivity contribution in [2.75, 3.05) is 10.7 Å². The summed E-state index contributed by atoms with van der Waals surface area (Å²) < 4.78 is 0. The Morgan fingerprint density at radius 3 is 1.40 bits per heavy atom. The lowest BCUT2D eigenvalue weighted by Crippen LogP contribution is -2.16. The van der Waals surface area contributed by atoms with Gasteiger partial charge >= 0.3 is 0 Å². The van der Waals surface area contributed by atoms with Crippen LogP contribution in [0.3, 0.4) is 0 Å². The Kier molecular flexibility index (Phi) is 6.81. The molecule has 0 heterocycles. The minimum Gasteiger partial charge on any atom is -0.0928 e. The van der Waals surface area contributed by atoms with Gasteiger partial charge in [0.1, 0.15) is 0 Å². The monoisotopic (exact) mass is 394 g/mol. The number of benzene rings is 2. The van der Waals surface area contributed by atoms with E-state index in [1.54, 1.807) is 0 Å². The van der Waals surface area contributed by atoms with E-state index in [0.717, 1.165) is 10.7 Å². The fourth-order valence-corrected chi connectivity index (χ4v) is 3.99. The first-order valence-corrected chi connectivity index (χ1v) is 9.33. The van der Waals surface area contributed by atoms with Gasteiger partial charge in [-0.1, -0.05) is 92.5 Å². The molecule has 0 nitrogen and oxygen atoms in total. The van der Waals surface area contributed by atoms with Gasteiger partial charge in [0.05, 0.1) is 0 Å². The third-order valence-corrected chi connectivity index (χ3v) is 4.66. The van der Waals surface area contributed by atoms with Crippen molar-refractivity contribution in [2.45, 2.75) is 18.8 Å². The van der Waals surface area contributed by atoms with Gasteiger partial charge in [-0.15, -0.1) is 0 Å². The van der Waals surface area contributed by atoms with Crippen LogP contribution < -0.4 is 0 Å². The van der Waals surface area contributed by atoms with Crippen LogP contribution in [0.5, 0.6) is 0 Å². The van der Waals surface area contributed by atoms with Crippen molar-refractivity contribution >= 4 is 31.9 Å². The summed E-state index contributed by atoms with van der Waals surface area (Å²) in [6, 6.07) is 21.8. The van der Waals surface area contributed by atoms with E-state index in [1.165, 1.54) is 24.0 Å². The van der Waals surface area contributed by atoms with Crippen molar-refractivity contribution < 1.29 is 0 Å². The summed E-state index contributed by atoms with van der Waals surface area (Å²) in [5.41, 5.74) is 2.84. The number of halogens is 2. The lowest BCUT2D eigenvalue weighted by molar-refractivity contribution is 0.447. The van der Waals surface area contributed by atoms with Crippen LogP contribution in [0.2, 0.25) is 0 Å². The van der Waals surface area contributed by atoms with Crippen LogP contribution in [0, 0.1) is 5.92 Å². The summed E-state index contributed by atoms with van der Waals surface area (Å²) in [7, 11) is 0. The molecule has 0 bridgehead atoms. The topological polar surface area (TPSA) is 0 Å². The third-order valence-electron chi connectivity index (χ3n) is 3.75. The Morgan fingerprint density at radius 2 is 1.05 bits per heavy atom. The highest BCUT2D eigenvalue weighted by Gasteiger charge is 2.23. The molecule has 0 atom stereocenters. The normalized spacial score (nSPS) is 11.2. The van der Waals surface area contributed by atoms with E-state index in [1.807, 2.05) is 0 Å². The first-order chi connectivity index (χ1) is 9.86. The first-order valence-electron chi connectivity index (χ1n) is 7.08. The molecule has 0 unspecified atom stereocenters. The van der Waals surface area contributed by atoms with Gasteiger partial charge in [-0.05, 0) is 29.9 Å². The average Bonchev–Trinajstić information content (AvgIpc) is 2.50. The minimum atomic E-state index is 0.479. The molecule has 0 aliphatic heterocycles. The molecular weight excluding hydrogens is 376 g/mol. The number of hydrogen-bond donors (Lipinski definition) is 0. The molecule has 0 fully saturated rings. The zero-order valence-corrected chi connectivity index (χ0v) is 14.7. The molecule has 0 amide bonds. The molecule has 0 aliphatic carbocycles. The number of hydrogen-bond acceptors (Lipinski definition) is 0. The summed E-state index contributed by atoms with van der Waals surface area (Å²) in [6.45, 7) is 0. The van der Waals surface area contributed by atoms with Gasteiger partial charge in [0.2, 0.25) is 0 Å². The summed E-state index contributed by atoms with van der Waals surface area (Å²) in [5, 5.41) is 2.11. The van der Waals surface area contributed by atoms with E-state index in [2.05, 4.69) is 92.5 Å². The molecule has 106 valence electrons. The summed E-state index contributed by atoms with van der Waals surface area (Å²) in [6.07, 6.45) is 2.39. The van der Waals surface area contributed by atoms with Crippen molar-refractivity contribution in [3.8, 4) is 0 Å². The van der Waals surface area contributed by atoms with Crippen molar-refractivity contribution in [2.24, 2.45) is 5.92 Å². The lowest BCUT2D eigenvalue weighted by Gasteiger charge is -2.27. The number of alkyl halides is 2. The second kappa shape index (κ2) is 8.63. The van der Waals surface area contributed by atoms with Gasteiger partial charge in [0.25, 0.3) is 0 Å². The third kappa shape index (κ3) is 4.20. The SMILES string of the molecule is BrCCC(CCBr)C(c1ccccc1)c1ccccc1. The Bertz CT molecular complexity index is 436. The van der Waals surface area contributed by atoms with Crippen molar-refractivity contribution in [3.63, 3.8) is 0 Å².